The molecule has 1 aliphatic carbocycles. The molecular formula is C6H8N2S. The monoisotopic (exact) mass is 140 g/mol. The third-order valence-corrected chi connectivity index (χ3v) is 2.50. The third-order valence-electron chi connectivity index (χ3n) is 1.74. The van der Waals surface area contributed by atoms with E-state index >= 15 is 0 Å². The van der Waals surface area contributed by atoms with E-state index in [-0.39, 0.29) is 0 Å². The first kappa shape index (κ1) is 5.23. The molecule has 0 unspecified atom stereocenters. The largest absolute Gasteiger partial charge is 0.389 e. The summed E-state index contributed by atoms with van der Waals surface area (Å²) in [6, 6.07) is 0. The Balaban J connectivity index is 2.56. The number of rotatable bonds is 0. The fourth-order valence-corrected chi connectivity index (χ4v) is 1.99. The van der Waals surface area contributed by atoms with Crippen LogP contribution in [0.4, 0.5) is 5.00 Å². The van der Waals surface area contributed by atoms with Crippen LogP contribution in [-0.2, 0) is 12.8 Å². The maximum Gasteiger partial charge on any atom is 0.110 e. The number of nitrogens with zero attached hydrogens (tertiary/aromatic N) is 1. The normalized spacial score (nSPS) is 16.0. The molecule has 9 heavy (non-hydrogen) atoms. The molecule has 1 aromatic heterocycles. The van der Waals surface area contributed by atoms with Crippen LogP contribution in [0, 0.1) is 0 Å². The summed E-state index contributed by atoms with van der Waals surface area (Å²) >= 11 is 1.43. The first-order valence-corrected chi connectivity index (χ1v) is 3.88. The molecule has 0 atom stereocenters. The van der Waals surface area contributed by atoms with Gasteiger partial charge in [-0.1, -0.05) is 0 Å². The van der Waals surface area contributed by atoms with Crippen LogP contribution in [0.15, 0.2) is 0 Å². The van der Waals surface area contributed by atoms with Gasteiger partial charge in [-0.2, -0.15) is 4.37 Å². The summed E-state index contributed by atoms with van der Waals surface area (Å²) in [5, 5.41) is 0.933. The summed E-state index contributed by atoms with van der Waals surface area (Å²) in [5.74, 6) is 0. The Labute approximate surface area is 57.9 Å². The van der Waals surface area contributed by atoms with Crippen molar-refractivity contribution in [2.24, 2.45) is 0 Å². The van der Waals surface area contributed by atoms with Crippen LogP contribution < -0.4 is 5.73 Å². The minimum atomic E-state index is 0.933. The van der Waals surface area contributed by atoms with Gasteiger partial charge in [0, 0.05) is 5.56 Å². The summed E-state index contributed by atoms with van der Waals surface area (Å²) in [6.07, 6.45) is 3.54. The van der Waals surface area contributed by atoms with Crippen molar-refractivity contribution in [3.05, 3.63) is 11.3 Å². The summed E-state index contributed by atoms with van der Waals surface area (Å²) in [7, 11) is 0. The minimum Gasteiger partial charge on any atom is -0.389 e. The van der Waals surface area contributed by atoms with Crippen molar-refractivity contribution in [1.82, 2.24) is 4.37 Å². The molecule has 0 spiro atoms. The summed E-state index contributed by atoms with van der Waals surface area (Å²) in [6.45, 7) is 0. The quantitative estimate of drug-likeness (QED) is 0.588. The molecule has 0 aromatic carbocycles. The number of nitrogens with two attached hydrogens (primary N) is 1. The SMILES string of the molecule is Nc1snc2c1CCC2. The lowest BCUT2D eigenvalue weighted by molar-refractivity contribution is 0.902. The minimum absolute atomic E-state index is 0.933. The molecule has 1 aromatic rings. The Bertz CT molecular complexity index is 229. The summed E-state index contributed by atoms with van der Waals surface area (Å²) in [4.78, 5) is 0. The van der Waals surface area contributed by atoms with E-state index in [2.05, 4.69) is 4.37 Å². The van der Waals surface area contributed by atoms with Gasteiger partial charge in [0.15, 0.2) is 0 Å². The van der Waals surface area contributed by atoms with Crippen molar-refractivity contribution >= 4 is 16.5 Å². The second-order valence-corrected chi connectivity index (χ2v) is 3.13. The number of hydrogen-bond acceptors (Lipinski definition) is 3. The van der Waals surface area contributed by atoms with Crippen LogP contribution in [0.3, 0.4) is 0 Å². The Morgan fingerprint density at radius 1 is 1.44 bits per heavy atom. The van der Waals surface area contributed by atoms with Crippen molar-refractivity contribution in [3.8, 4) is 0 Å². The highest BCUT2D eigenvalue weighted by molar-refractivity contribution is 7.10. The highest BCUT2D eigenvalue weighted by Gasteiger charge is 2.16. The van der Waals surface area contributed by atoms with E-state index in [0.29, 0.717) is 0 Å². The highest BCUT2D eigenvalue weighted by atomic mass is 32.1. The molecule has 1 heterocycles. The predicted octanol–water partition coefficient (Wildman–Crippen LogP) is 1.21. The van der Waals surface area contributed by atoms with Crippen LogP contribution in [-0.4, -0.2) is 4.37 Å². The second kappa shape index (κ2) is 1.70. The van der Waals surface area contributed by atoms with Gasteiger partial charge in [-0.3, -0.25) is 0 Å². The molecule has 2 N–H and O–H groups in total. The lowest BCUT2D eigenvalue weighted by atomic mass is 10.3. The fraction of sp³-hybridized carbons (Fsp3) is 0.500. The molecule has 48 valence electrons. The molecule has 3 heteroatoms. The lowest BCUT2D eigenvalue weighted by Crippen LogP contribution is -1.84. The van der Waals surface area contributed by atoms with E-state index in [1.807, 2.05) is 0 Å². The Kier molecular flexibility index (Phi) is 0.990. The van der Waals surface area contributed by atoms with Crippen molar-refractivity contribution in [1.29, 1.82) is 0 Å². The summed E-state index contributed by atoms with van der Waals surface area (Å²) in [5.41, 5.74) is 8.22. The number of hydrogen-bond donors (Lipinski definition) is 1. The van der Waals surface area contributed by atoms with Crippen molar-refractivity contribution in [2.75, 3.05) is 5.73 Å². The molecule has 0 fully saturated rings. The lowest BCUT2D eigenvalue weighted by Gasteiger charge is -1.85. The van der Waals surface area contributed by atoms with Crippen molar-refractivity contribution in [2.45, 2.75) is 19.3 Å². The van der Waals surface area contributed by atoms with E-state index < -0.39 is 0 Å². The van der Waals surface area contributed by atoms with Crippen LogP contribution >= 0.6 is 11.5 Å². The zero-order valence-electron chi connectivity index (χ0n) is 5.05. The molecule has 0 saturated carbocycles. The Morgan fingerprint density at radius 2 is 2.33 bits per heavy atom. The van der Waals surface area contributed by atoms with E-state index in [9.17, 15) is 0 Å². The Hall–Kier alpha value is -0.570. The molecular weight excluding hydrogens is 132 g/mol. The van der Waals surface area contributed by atoms with Crippen LogP contribution in [0.1, 0.15) is 17.7 Å². The van der Waals surface area contributed by atoms with Gasteiger partial charge in [-0.25, -0.2) is 0 Å². The molecule has 1 aliphatic rings. The topological polar surface area (TPSA) is 38.9 Å². The number of nitrogen functional groups attached to an aromatic ring is 1. The van der Waals surface area contributed by atoms with Gasteiger partial charge < -0.3 is 5.73 Å². The first-order valence-electron chi connectivity index (χ1n) is 3.11. The smallest absolute Gasteiger partial charge is 0.110 e. The number of aryl methyl sites for hydroxylation is 1. The van der Waals surface area contributed by atoms with E-state index in [4.69, 9.17) is 5.73 Å². The van der Waals surface area contributed by atoms with Crippen LogP contribution in [0.25, 0.3) is 0 Å². The number of anilines is 1. The average Bonchev–Trinajstić information content (AvgIpc) is 2.35. The van der Waals surface area contributed by atoms with Crippen LogP contribution in [0.2, 0.25) is 0 Å². The molecule has 2 rings (SSSR count). The van der Waals surface area contributed by atoms with Gasteiger partial charge >= 0.3 is 0 Å². The predicted molar refractivity (Wildman–Crippen MR) is 38.6 cm³/mol. The standard InChI is InChI=1S/C6H8N2S/c7-6-4-2-1-3-5(4)8-9-6/h1-3,7H2. The van der Waals surface area contributed by atoms with Gasteiger partial charge in [0.25, 0.3) is 0 Å². The molecule has 0 bridgehead atoms. The fourth-order valence-electron chi connectivity index (χ4n) is 1.25. The molecule has 0 aliphatic heterocycles. The third kappa shape index (κ3) is 0.645. The second-order valence-electron chi connectivity index (χ2n) is 2.33. The molecule has 0 saturated heterocycles. The highest BCUT2D eigenvalue weighted by Crippen LogP contribution is 2.29. The molecule has 0 radical (unpaired) electrons. The van der Waals surface area contributed by atoms with Crippen LogP contribution in [0.5, 0.6) is 0 Å². The van der Waals surface area contributed by atoms with E-state index in [1.54, 1.807) is 0 Å². The van der Waals surface area contributed by atoms with Gasteiger partial charge in [0.2, 0.25) is 0 Å². The van der Waals surface area contributed by atoms with Crippen molar-refractivity contribution < 1.29 is 0 Å². The molecule has 0 amide bonds. The Morgan fingerprint density at radius 3 is 3.11 bits per heavy atom. The van der Waals surface area contributed by atoms with Gasteiger partial charge in [-0.15, -0.1) is 0 Å². The molecule has 2 nitrogen and oxygen atoms in total. The maximum absolute atomic E-state index is 5.65. The van der Waals surface area contributed by atoms with E-state index in [0.717, 1.165) is 17.8 Å². The number of fused-ring (bicyclic) bond motifs is 1. The number of aromatic nitrogens is 1. The maximum atomic E-state index is 5.65. The summed E-state index contributed by atoms with van der Waals surface area (Å²) < 4.78 is 4.21. The van der Waals surface area contributed by atoms with Gasteiger partial charge in [0.05, 0.1) is 5.69 Å². The zero-order chi connectivity index (χ0) is 6.27. The zero-order valence-corrected chi connectivity index (χ0v) is 5.87. The van der Waals surface area contributed by atoms with Gasteiger partial charge in [0.1, 0.15) is 5.00 Å². The van der Waals surface area contributed by atoms with Gasteiger partial charge in [-0.05, 0) is 30.8 Å². The average molecular weight is 140 g/mol. The van der Waals surface area contributed by atoms with Crippen molar-refractivity contribution in [3.63, 3.8) is 0 Å². The first-order chi connectivity index (χ1) is 4.38. The van der Waals surface area contributed by atoms with E-state index in [1.165, 1.54) is 29.2 Å².